The summed E-state index contributed by atoms with van der Waals surface area (Å²) in [5.74, 6) is -2.88. The number of hydrogen-bond donors (Lipinski definition) is 1. The van der Waals surface area contributed by atoms with E-state index in [4.69, 9.17) is 21.6 Å². The Morgan fingerprint density at radius 1 is 1.21 bits per heavy atom. The summed E-state index contributed by atoms with van der Waals surface area (Å²) in [5, 5.41) is 11.8. The molecule has 2 fully saturated rings. The number of amides is 3. The van der Waals surface area contributed by atoms with Gasteiger partial charge in [0.05, 0.1) is 23.1 Å². The number of imide groups is 1. The number of nitrogens with one attached hydrogen (secondary N) is 1. The Morgan fingerprint density at radius 2 is 1.86 bits per heavy atom. The largest absolute Gasteiger partial charge is 0.454 e. The lowest BCUT2D eigenvalue weighted by molar-refractivity contribution is -0.154. The van der Waals surface area contributed by atoms with E-state index in [1.54, 1.807) is 0 Å². The number of anilines is 1. The van der Waals surface area contributed by atoms with Gasteiger partial charge in [0, 0.05) is 5.02 Å². The summed E-state index contributed by atoms with van der Waals surface area (Å²) in [5.41, 5.74) is 0.407. The van der Waals surface area contributed by atoms with E-state index in [0.717, 1.165) is 17.7 Å². The first kappa shape index (κ1) is 19.8. The molecule has 0 unspecified atom stereocenters. The molecular formula is C19H18ClN3O5. The van der Waals surface area contributed by atoms with Gasteiger partial charge in [-0.25, -0.2) is 0 Å². The lowest BCUT2D eigenvalue weighted by Crippen LogP contribution is -2.37. The molecule has 0 aromatic heterocycles. The monoisotopic (exact) mass is 403 g/mol. The molecule has 0 spiro atoms. The van der Waals surface area contributed by atoms with Crippen molar-refractivity contribution in [2.24, 2.45) is 11.8 Å². The highest BCUT2D eigenvalue weighted by Gasteiger charge is 2.48. The molecular weight excluding hydrogens is 386 g/mol. The minimum absolute atomic E-state index is 0.199. The molecule has 8 nitrogen and oxygen atoms in total. The van der Waals surface area contributed by atoms with Gasteiger partial charge in [0.25, 0.3) is 5.91 Å². The van der Waals surface area contributed by atoms with Crippen LogP contribution in [0.1, 0.15) is 31.2 Å². The van der Waals surface area contributed by atoms with Crippen LogP contribution in [-0.2, 0) is 23.9 Å². The van der Waals surface area contributed by atoms with Gasteiger partial charge in [0.15, 0.2) is 6.61 Å². The summed E-state index contributed by atoms with van der Waals surface area (Å²) in [6.07, 6.45) is 3.10. The first-order valence-corrected chi connectivity index (χ1v) is 9.29. The first-order valence-electron chi connectivity index (χ1n) is 8.91. The number of benzene rings is 1. The van der Waals surface area contributed by atoms with E-state index in [1.165, 1.54) is 18.2 Å². The summed E-state index contributed by atoms with van der Waals surface area (Å²) in [6, 6.07) is 6.28. The van der Waals surface area contributed by atoms with Gasteiger partial charge in [-0.2, -0.15) is 5.26 Å². The van der Waals surface area contributed by atoms with Crippen molar-refractivity contribution in [2.75, 3.05) is 18.5 Å². The zero-order valence-electron chi connectivity index (χ0n) is 14.9. The molecule has 1 saturated carbocycles. The molecule has 146 valence electrons. The van der Waals surface area contributed by atoms with E-state index in [9.17, 15) is 19.2 Å². The average molecular weight is 404 g/mol. The van der Waals surface area contributed by atoms with Gasteiger partial charge in [-0.3, -0.25) is 24.1 Å². The predicted molar refractivity (Wildman–Crippen MR) is 97.9 cm³/mol. The number of carbonyl (C=O) groups excluding carboxylic acids is 4. The number of halogens is 1. The van der Waals surface area contributed by atoms with Crippen molar-refractivity contribution in [1.29, 1.82) is 5.26 Å². The van der Waals surface area contributed by atoms with Gasteiger partial charge >= 0.3 is 5.97 Å². The quantitative estimate of drug-likeness (QED) is 0.592. The second-order valence-corrected chi connectivity index (χ2v) is 7.21. The van der Waals surface area contributed by atoms with Crippen molar-refractivity contribution >= 4 is 41.0 Å². The molecule has 2 atom stereocenters. The van der Waals surface area contributed by atoms with Crippen LogP contribution in [-0.4, -0.2) is 41.7 Å². The van der Waals surface area contributed by atoms with E-state index >= 15 is 0 Å². The van der Waals surface area contributed by atoms with Crippen LogP contribution in [0.4, 0.5) is 5.69 Å². The van der Waals surface area contributed by atoms with Gasteiger partial charge in [0.1, 0.15) is 12.6 Å². The van der Waals surface area contributed by atoms with Crippen molar-refractivity contribution in [3.63, 3.8) is 0 Å². The van der Waals surface area contributed by atoms with Crippen LogP contribution >= 0.6 is 11.6 Å². The average Bonchev–Trinajstić information content (AvgIpc) is 2.92. The second kappa shape index (κ2) is 8.40. The molecule has 1 aliphatic heterocycles. The minimum atomic E-state index is -0.845. The molecule has 1 aliphatic carbocycles. The van der Waals surface area contributed by atoms with Crippen LogP contribution in [0.25, 0.3) is 0 Å². The van der Waals surface area contributed by atoms with Crippen LogP contribution in [0.15, 0.2) is 18.2 Å². The van der Waals surface area contributed by atoms with Crippen LogP contribution in [0.2, 0.25) is 5.02 Å². The van der Waals surface area contributed by atoms with Crippen molar-refractivity contribution in [3.05, 3.63) is 28.8 Å². The van der Waals surface area contributed by atoms with E-state index in [-0.39, 0.29) is 34.9 Å². The maximum atomic E-state index is 12.3. The molecule has 0 bridgehead atoms. The van der Waals surface area contributed by atoms with Crippen LogP contribution in [0.3, 0.4) is 0 Å². The number of likely N-dealkylation sites (tertiary alicyclic amines) is 1. The van der Waals surface area contributed by atoms with Crippen LogP contribution < -0.4 is 5.32 Å². The highest BCUT2D eigenvalue weighted by atomic mass is 35.5. The fourth-order valence-corrected chi connectivity index (χ4v) is 3.78. The lowest BCUT2D eigenvalue weighted by Gasteiger charge is -2.19. The molecule has 1 aromatic carbocycles. The van der Waals surface area contributed by atoms with Crippen molar-refractivity contribution in [1.82, 2.24) is 4.90 Å². The Hall–Kier alpha value is -2.92. The molecule has 1 aromatic rings. The third-order valence-corrected chi connectivity index (χ3v) is 5.20. The summed E-state index contributed by atoms with van der Waals surface area (Å²) in [7, 11) is 0. The van der Waals surface area contributed by atoms with E-state index in [2.05, 4.69) is 5.32 Å². The Morgan fingerprint density at radius 3 is 2.46 bits per heavy atom. The lowest BCUT2D eigenvalue weighted by atomic mass is 9.81. The minimum Gasteiger partial charge on any atom is -0.454 e. The Kier molecular flexibility index (Phi) is 5.95. The molecule has 3 rings (SSSR count). The fraction of sp³-hybridized carbons (Fsp3) is 0.421. The van der Waals surface area contributed by atoms with Crippen LogP contribution in [0, 0.1) is 23.2 Å². The van der Waals surface area contributed by atoms with Gasteiger partial charge in [0.2, 0.25) is 11.8 Å². The molecule has 28 heavy (non-hydrogen) atoms. The van der Waals surface area contributed by atoms with Crippen LogP contribution in [0.5, 0.6) is 0 Å². The Bertz CT molecular complexity index is 855. The fourth-order valence-electron chi connectivity index (χ4n) is 3.61. The van der Waals surface area contributed by atoms with Crippen molar-refractivity contribution < 1.29 is 23.9 Å². The number of nitrogens with zero attached hydrogens (tertiary/aromatic N) is 2. The number of hydrogen-bond acceptors (Lipinski definition) is 6. The number of fused-ring (bicyclic) bond motifs is 1. The number of esters is 1. The Labute approximate surface area is 166 Å². The summed E-state index contributed by atoms with van der Waals surface area (Å²) >= 11 is 5.84. The topological polar surface area (TPSA) is 117 Å². The molecule has 0 radical (unpaired) electrons. The van der Waals surface area contributed by atoms with Gasteiger partial charge in [-0.05, 0) is 31.0 Å². The van der Waals surface area contributed by atoms with Gasteiger partial charge in [-0.1, -0.05) is 24.4 Å². The smallest absolute Gasteiger partial charge is 0.326 e. The summed E-state index contributed by atoms with van der Waals surface area (Å²) in [4.78, 5) is 49.6. The number of nitriles is 1. The summed E-state index contributed by atoms with van der Waals surface area (Å²) in [6.45, 7) is -1.11. The van der Waals surface area contributed by atoms with E-state index < -0.39 is 25.0 Å². The van der Waals surface area contributed by atoms with E-state index in [1.807, 2.05) is 6.07 Å². The molecule has 1 heterocycles. The zero-order chi connectivity index (χ0) is 20.3. The van der Waals surface area contributed by atoms with E-state index in [0.29, 0.717) is 17.9 Å². The predicted octanol–water partition coefficient (Wildman–Crippen LogP) is 1.87. The maximum Gasteiger partial charge on any atom is 0.326 e. The maximum absolute atomic E-state index is 12.3. The molecule has 1 saturated heterocycles. The van der Waals surface area contributed by atoms with Crippen molar-refractivity contribution in [3.8, 4) is 6.07 Å². The third-order valence-electron chi connectivity index (χ3n) is 4.96. The third kappa shape index (κ3) is 4.15. The zero-order valence-corrected chi connectivity index (χ0v) is 15.7. The number of carbonyl (C=O) groups is 4. The number of rotatable bonds is 5. The number of ether oxygens (including phenoxy) is 1. The molecule has 1 N–H and O–H groups in total. The Balaban J connectivity index is 1.53. The molecule has 2 aliphatic rings. The highest BCUT2D eigenvalue weighted by molar-refractivity contribution is 6.31. The molecule has 3 amide bonds. The van der Waals surface area contributed by atoms with Gasteiger partial charge in [-0.15, -0.1) is 0 Å². The SMILES string of the molecule is N#Cc1ccc(Cl)cc1NC(=O)COC(=O)CN1C(=O)[C@H]2CCCC[C@H]2C1=O. The van der Waals surface area contributed by atoms with Gasteiger partial charge < -0.3 is 10.1 Å². The van der Waals surface area contributed by atoms with Crippen molar-refractivity contribution in [2.45, 2.75) is 25.7 Å². The highest BCUT2D eigenvalue weighted by Crippen LogP contribution is 2.37. The summed E-state index contributed by atoms with van der Waals surface area (Å²) < 4.78 is 4.88. The first-order chi connectivity index (χ1) is 13.4. The second-order valence-electron chi connectivity index (χ2n) is 6.77. The normalized spacial score (nSPS) is 21.1. The molecule has 9 heteroatoms. The standard InChI is InChI=1S/C19H18ClN3O5/c20-12-6-5-11(8-21)15(7-12)22-16(24)10-28-17(25)9-23-18(26)13-3-1-2-4-14(13)19(23)27/h5-7,13-14H,1-4,9-10H2,(H,22,24)/t13-,14+.